The number of aryl methyl sites for hydroxylation is 1. The number of likely N-dealkylation sites (tertiary alicyclic amines) is 1. The highest BCUT2D eigenvalue weighted by Crippen LogP contribution is 2.43. The van der Waals surface area contributed by atoms with Crippen LogP contribution in [-0.4, -0.2) is 83.9 Å². The number of benzene rings is 2. The Morgan fingerprint density at radius 2 is 1.79 bits per heavy atom. The van der Waals surface area contributed by atoms with Crippen LogP contribution >= 0.6 is 0 Å². The number of hydrogen-bond acceptors (Lipinski definition) is 8. The fourth-order valence-corrected chi connectivity index (χ4v) is 9.64. The van der Waals surface area contributed by atoms with Crippen molar-refractivity contribution in [3.63, 3.8) is 0 Å². The van der Waals surface area contributed by atoms with Gasteiger partial charge in [0.15, 0.2) is 0 Å². The number of pyridine rings is 1. The number of imide groups is 1. The van der Waals surface area contributed by atoms with E-state index >= 15 is 8.78 Å². The fraction of sp³-hybridized carbons (Fsp3) is 0.500. The van der Waals surface area contributed by atoms with Crippen molar-refractivity contribution < 1.29 is 32.3 Å². The molecule has 2 unspecified atom stereocenters. The summed E-state index contributed by atoms with van der Waals surface area (Å²) >= 11 is 0. The summed E-state index contributed by atoms with van der Waals surface area (Å²) in [5.74, 6) is -4.93. The van der Waals surface area contributed by atoms with Crippen LogP contribution in [0.4, 0.5) is 18.9 Å². The van der Waals surface area contributed by atoms with E-state index in [9.17, 15) is 28.4 Å². The van der Waals surface area contributed by atoms with Gasteiger partial charge in [-0.1, -0.05) is 6.07 Å². The van der Waals surface area contributed by atoms with Gasteiger partial charge in [0.2, 0.25) is 11.8 Å². The van der Waals surface area contributed by atoms with Crippen LogP contribution in [0.2, 0.25) is 0 Å². The van der Waals surface area contributed by atoms with E-state index in [2.05, 4.69) is 10.6 Å². The van der Waals surface area contributed by atoms with Crippen molar-refractivity contribution in [3.8, 4) is 5.75 Å². The zero-order valence-corrected chi connectivity index (χ0v) is 34.3. The second-order valence-corrected chi connectivity index (χ2v) is 17.5. The summed E-state index contributed by atoms with van der Waals surface area (Å²) in [5, 5.41) is 10.6. The van der Waals surface area contributed by atoms with E-state index in [0.717, 1.165) is 31.1 Å². The summed E-state index contributed by atoms with van der Waals surface area (Å²) in [6.07, 6.45) is 6.24. The quantitative estimate of drug-likeness (QED) is 0.162. The van der Waals surface area contributed by atoms with E-state index in [1.807, 2.05) is 29.6 Å². The highest BCUT2D eigenvalue weighted by atomic mass is 19.3. The first kappa shape index (κ1) is 40.7. The minimum absolute atomic E-state index is 0.0511. The molecule has 14 nitrogen and oxygen atoms in total. The summed E-state index contributed by atoms with van der Waals surface area (Å²) in [6.45, 7) is 4.40. The number of carbonyl (C=O) groups excluding carboxylic acids is 3. The van der Waals surface area contributed by atoms with Crippen LogP contribution in [-0.2, 0) is 16.6 Å². The molecule has 61 heavy (non-hydrogen) atoms. The molecular weight excluding hydrogens is 794 g/mol. The number of anilines is 1. The molecule has 0 bridgehead atoms. The molecule has 4 atom stereocenters. The Balaban J connectivity index is 0.839. The molecule has 4 aliphatic rings. The van der Waals surface area contributed by atoms with Gasteiger partial charge in [0.05, 0.1) is 52.8 Å². The largest absolute Gasteiger partial charge is 0.490 e. The van der Waals surface area contributed by atoms with E-state index in [1.54, 1.807) is 43.4 Å². The lowest BCUT2D eigenvalue weighted by atomic mass is 9.83. The lowest BCUT2D eigenvalue weighted by Crippen LogP contribution is -2.49. The Labute approximate surface area is 348 Å². The van der Waals surface area contributed by atoms with Gasteiger partial charge in [-0.25, -0.2) is 18.0 Å². The number of fused-ring (bicyclic) bond motifs is 2. The van der Waals surface area contributed by atoms with Gasteiger partial charge in [-0.3, -0.25) is 43.2 Å². The first-order valence-electron chi connectivity index (χ1n) is 21.2. The fourth-order valence-electron chi connectivity index (χ4n) is 9.64. The Bertz CT molecular complexity index is 2680. The number of ether oxygens (including phenoxy) is 1. The normalized spacial score (nSPS) is 25.6. The number of amides is 3. The van der Waals surface area contributed by atoms with Crippen LogP contribution in [0.3, 0.4) is 0 Å². The molecule has 9 rings (SSSR count). The molecule has 2 aromatic carbocycles. The van der Waals surface area contributed by atoms with Gasteiger partial charge in [0.25, 0.3) is 17.4 Å². The third-order valence-corrected chi connectivity index (χ3v) is 12.9. The first-order valence-corrected chi connectivity index (χ1v) is 21.2. The number of aromatic nitrogens is 5. The number of alkyl halides is 3. The molecule has 322 valence electrons. The van der Waals surface area contributed by atoms with Crippen LogP contribution in [0.25, 0.3) is 21.9 Å². The van der Waals surface area contributed by atoms with Crippen molar-refractivity contribution in [3.05, 3.63) is 86.8 Å². The summed E-state index contributed by atoms with van der Waals surface area (Å²) in [5.41, 5.74) is 1.41. The third-order valence-electron chi connectivity index (χ3n) is 12.9. The maximum Gasteiger partial charge on any atom is 0.329 e. The number of hydrogen-bond donors (Lipinski definition) is 2. The zero-order chi connectivity index (χ0) is 42.9. The molecule has 2 saturated heterocycles. The number of piperidine rings is 2. The third kappa shape index (κ3) is 7.76. The Hall–Kier alpha value is -5.71. The predicted octanol–water partition coefficient (Wildman–Crippen LogP) is 6.01. The van der Waals surface area contributed by atoms with E-state index in [4.69, 9.17) is 9.84 Å². The Kier molecular flexibility index (Phi) is 10.4. The van der Waals surface area contributed by atoms with E-state index in [-0.39, 0.29) is 67.4 Å². The van der Waals surface area contributed by atoms with Crippen molar-refractivity contribution in [2.24, 2.45) is 13.0 Å². The molecular formula is C44H49F3N8O6. The molecule has 2 saturated carbocycles. The van der Waals surface area contributed by atoms with Crippen molar-refractivity contribution >= 4 is 45.3 Å². The minimum Gasteiger partial charge on any atom is -0.490 e. The molecule has 5 heterocycles. The maximum absolute atomic E-state index is 16.0. The summed E-state index contributed by atoms with van der Waals surface area (Å²) in [7, 11) is 1.56. The van der Waals surface area contributed by atoms with Crippen LogP contribution < -0.4 is 26.6 Å². The SMILES string of the molecule is CC(C)Oc1cc2nn(C3CCC(CN4CCC(c5ccc6c(c5)n(C)c(=O)n6C5CCC(=O)NC5=O)C(F)(F)C4)CC3)cc2cc1C(=O)Nc1cccn([C@H]2C[C@H]2F)c1=O. The van der Waals surface area contributed by atoms with Gasteiger partial charge < -0.3 is 14.6 Å². The molecule has 3 aromatic heterocycles. The number of nitrogens with zero attached hydrogens (tertiary/aromatic N) is 6. The Morgan fingerprint density at radius 1 is 1.02 bits per heavy atom. The number of halogens is 3. The molecule has 5 aromatic rings. The molecule has 2 N–H and O–H groups in total. The lowest BCUT2D eigenvalue weighted by Gasteiger charge is -2.41. The topological polar surface area (TPSA) is 154 Å². The molecule has 2 aliphatic carbocycles. The number of imidazole rings is 1. The van der Waals surface area contributed by atoms with Crippen LogP contribution in [0.5, 0.6) is 5.75 Å². The van der Waals surface area contributed by atoms with E-state index in [0.29, 0.717) is 41.0 Å². The predicted molar refractivity (Wildman–Crippen MR) is 221 cm³/mol. The van der Waals surface area contributed by atoms with E-state index < -0.39 is 53.2 Å². The monoisotopic (exact) mass is 842 g/mol. The summed E-state index contributed by atoms with van der Waals surface area (Å²) in [4.78, 5) is 66.1. The molecule has 2 aliphatic heterocycles. The lowest BCUT2D eigenvalue weighted by molar-refractivity contribution is -0.135. The van der Waals surface area contributed by atoms with Gasteiger partial charge in [-0.15, -0.1) is 0 Å². The number of carbonyl (C=O) groups is 3. The van der Waals surface area contributed by atoms with Gasteiger partial charge in [0.1, 0.15) is 23.7 Å². The van der Waals surface area contributed by atoms with E-state index in [1.165, 1.54) is 26.0 Å². The maximum atomic E-state index is 16.0. The van der Waals surface area contributed by atoms with Crippen LogP contribution in [0.15, 0.2) is 64.4 Å². The average Bonchev–Trinajstić information content (AvgIpc) is 3.70. The number of rotatable bonds is 10. The van der Waals surface area contributed by atoms with Crippen molar-refractivity contribution in [2.45, 2.75) is 107 Å². The van der Waals surface area contributed by atoms with Gasteiger partial charge in [0, 0.05) is 50.3 Å². The van der Waals surface area contributed by atoms with Gasteiger partial charge in [-0.2, -0.15) is 5.10 Å². The number of nitrogens with one attached hydrogen (secondary N) is 2. The second kappa shape index (κ2) is 15.6. The van der Waals surface area contributed by atoms with Crippen molar-refractivity contribution in [1.82, 2.24) is 33.7 Å². The molecule has 0 spiro atoms. The zero-order valence-electron chi connectivity index (χ0n) is 34.3. The molecule has 4 fully saturated rings. The standard InChI is InChI=1S/C44H49F3N8O6/c1-24(2)61-38-20-33-27(17-29(38)40(57)48-32-5-4-15-53(42(32)59)36-19-31(36)45)22-54(50-33)28-9-6-25(7-10-28)21-52-16-14-30(44(46,47)23-52)26-8-11-34-37(18-26)51(3)43(60)55(34)35-12-13-39(56)49-41(35)58/h4-5,8,11,15,17-18,20,22,24-25,28,30-31,35-36H,6-7,9-10,12-14,16,19,21,23H2,1-3H3,(H,48,57)(H,49,56,58)/t25?,28?,30?,31-,35?,36+/m1/s1. The van der Waals surface area contributed by atoms with Crippen LogP contribution in [0, 0.1) is 5.92 Å². The highest BCUT2D eigenvalue weighted by molar-refractivity contribution is 6.08. The minimum atomic E-state index is -3.01. The van der Waals surface area contributed by atoms with Crippen LogP contribution in [0.1, 0.15) is 105 Å². The second-order valence-electron chi connectivity index (χ2n) is 17.5. The van der Waals surface area contributed by atoms with Gasteiger partial charge in [-0.05, 0) is 101 Å². The van der Waals surface area contributed by atoms with Gasteiger partial charge >= 0.3 is 5.69 Å². The van der Waals surface area contributed by atoms with Crippen molar-refractivity contribution in [1.29, 1.82) is 0 Å². The highest BCUT2D eigenvalue weighted by Gasteiger charge is 2.46. The van der Waals surface area contributed by atoms with Crippen molar-refractivity contribution in [2.75, 3.05) is 25.0 Å². The summed E-state index contributed by atoms with van der Waals surface area (Å²) < 4.78 is 57.7. The molecule has 0 radical (unpaired) electrons. The molecule has 17 heteroatoms. The average molecular weight is 843 g/mol. The first-order chi connectivity index (χ1) is 29.1. The molecule has 3 amide bonds. The smallest absolute Gasteiger partial charge is 0.329 e. The Morgan fingerprint density at radius 3 is 2.49 bits per heavy atom. The summed E-state index contributed by atoms with van der Waals surface area (Å²) in [6, 6.07) is 10.2.